The van der Waals surface area contributed by atoms with Crippen LogP contribution in [0.15, 0.2) is 58.5 Å². The molecule has 1 atom stereocenters. The SMILES string of the molecule is CCOc1ccc(-n2c(SC(C)C(=O)NCC(F)(F)F)nc3ccccc3c2=O)cc1. The number of alkyl halides is 3. The third kappa shape index (κ3) is 5.57. The number of carbonyl (C=O) groups is 1. The first-order valence-corrected chi connectivity index (χ1v) is 10.3. The lowest BCUT2D eigenvalue weighted by Gasteiger charge is -2.17. The van der Waals surface area contributed by atoms with Gasteiger partial charge < -0.3 is 10.1 Å². The Bertz CT molecular complexity index is 1130. The van der Waals surface area contributed by atoms with Crippen LogP contribution in [-0.4, -0.2) is 40.0 Å². The number of nitrogens with zero attached hydrogens (tertiary/aromatic N) is 2. The molecule has 0 radical (unpaired) electrons. The van der Waals surface area contributed by atoms with E-state index in [9.17, 15) is 22.8 Å². The summed E-state index contributed by atoms with van der Waals surface area (Å²) in [5, 5.41) is 1.53. The molecule has 1 heterocycles. The zero-order valence-corrected chi connectivity index (χ0v) is 17.6. The molecule has 2 aromatic carbocycles. The minimum Gasteiger partial charge on any atom is -0.494 e. The van der Waals surface area contributed by atoms with Crippen LogP contribution in [0, 0.1) is 0 Å². The lowest BCUT2D eigenvalue weighted by molar-refractivity contribution is -0.137. The van der Waals surface area contributed by atoms with Crippen LogP contribution in [0.3, 0.4) is 0 Å². The number of halogens is 3. The molecule has 0 fully saturated rings. The molecule has 0 bridgehead atoms. The average Bonchev–Trinajstić information content (AvgIpc) is 2.73. The predicted molar refractivity (Wildman–Crippen MR) is 113 cm³/mol. The molecular weight excluding hydrogens is 431 g/mol. The van der Waals surface area contributed by atoms with Gasteiger partial charge in [0.15, 0.2) is 5.16 Å². The summed E-state index contributed by atoms with van der Waals surface area (Å²) >= 11 is 0.908. The van der Waals surface area contributed by atoms with Gasteiger partial charge >= 0.3 is 6.18 Å². The number of hydrogen-bond acceptors (Lipinski definition) is 5. The van der Waals surface area contributed by atoms with E-state index in [1.165, 1.54) is 11.5 Å². The number of para-hydroxylation sites is 1. The molecule has 31 heavy (non-hydrogen) atoms. The minimum absolute atomic E-state index is 0.197. The van der Waals surface area contributed by atoms with E-state index < -0.39 is 23.9 Å². The van der Waals surface area contributed by atoms with E-state index in [1.54, 1.807) is 48.5 Å². The monoisotopic (exact) mass is 451 g/mol. The molecule has 1 unspecified atom stereocenters. The number of amides is 1. The molecule has 0 spiro atoms. The van der Waals surface area contributed by atoms with Crippen LogP contribution in [0.1, 0.15) is 13.8 Å². The van der Waals surface area contributed by atoms with Crippen molar-refractivity contribution in [1.29, 1.82) is 0 Å². The van der Waals surface area contributed by atoms with Crippen LogP contribution < -0.4 is 15.6 Å². The number of ether oxygens (including phenoxy) is 1. The highest BCUT2D eigenvalue weighted by atomic mass is 32.2. The molecule has 1 aromatic heterocycles. The van der Waals surface area contributed by atoms with Gasteiger partial charge in [0.25, 0.3) is 5.56 Å². The van der Waals surface area contributed by atoms with E-state index in [-0.39, 0.29) is 10.7 Å². The molecule has 0 saturated carbocycles. The maximum Gasteiger partial charge on any atom is 0.405 e. The summed E-state index contributed by atoms with van der Waals surface area (Å²) in [7, 11) is 0. The quantitative estimate of drug-likeness (QED) is 0.435. The highest BCUT2D eigenvalue weighted by Crippen LogP contribution is 2.26. The van der Waals surface area contributed by atoms with Gasteiger partial charge in [-0.1, -0.05) is 23.9 Å². The third-order valence-electron chi connectivity index (χ3n) is 4.27. The van der Waals surface area contributed by atoms with Crippen molar-refractivity contribution in [3.05, 3.63) is 58.9 Å². The number of nitrogens with one attached hydrogen (secondary N) is 1. The standard InChI is InChI=1S/C21H20F3N3O3S/c1-3-30-15-10-8-14(9-11-15)27-19(29)16-6-4-5-7-17(16)26-20(27)31-13(2)18(28)25-12-21(22,23)24/h4-11,13H,3,12H2,1-2H3,(H,25,28). The Morgan fingerprint density at radius 1 is 1.19 bits per heavy atom. The summed E-state index contributed by atoms with van der Waals surface area (Å²) in [6, 6.07) is 13.5. The summed E-state index contributed by atoms with van der Waals surface area (Å²) in [6.45, 7) is 2.38. The number of fused-ring (bicyclic) bond motifs is 1. The van der Waals surface area contributed by atoms with Crippen molar-refractivity contribution < 1.29 is 22.7 Å². The molecule has 6 nitrogen and oxygen atoms in total. The van der Waals surface area contributed by atoms with Crippen molar-refractivity contribution in [2.24, 2.45) is 0 Å². The van der Waals surface area contributed by atoms with Gasteiger partial charge in [-0.2, -0.15) is 13.2 Å². The predicted octanol–water partition coefficient (Wildman–Crippen LogP) is 3.94. The summed E-state index contributed by atoms with van der Waals surface area (Å²) < 4.78 is 44.0. The molecule has 0 aliphatic carbocycles. The maximum absolute atomic E-state index is 13.2. The van der Waals surface area contributed by atoms with Crippen molar-refractivity contribution in [1.82, 2.24) is 14.9 Å². The molecule has 3 aromatic rings. The summed E-state index contributed by atoms with van der Waals surface area (Å²) in [4.78, 5) is 29.8. The fraction of sp³-hybridized carbons (Fsp3) is 0.286. The fourth-order valence-corrected chi connectivity index (χ4v) is 3.77. The second kappa shape index (κ2) is 9.42. The molecule has 0 saturated heterocycles. The first-order chi connectivity index (χ1) is 14.7. The topological polar surface area (TPSA) is 73.2 Å². The van der Waals surface area contributed by atoms with Crippen molar-refractivity contribution >= 4 is 28.6 Å². The molecular formula is C21H20F3N3O3S. The van der Waals surface area contributed by atoms with Crippen LogP contribution in [0.25, 0.3) is 16.6 Å². The van der Waals surface area contributed by atoms with Gasteiger partial charge in [-0.05, 0) is 50.2 Å². The Kier molecular flexibility index (Phi) is 6.89. The average molecular weight is 451 g/mol. The zero-order chi connectivity index (χ0) is 22.6. The van der Waals surface area contributed by atoms with Gasteiger partial charge in [0.1, 0.15) is 12.3 Å². The normalized spacial score (nSPS) is 12.5. The van der Waals surface area contributed by atoms with Gasteiger partial charge in [0.05, 0.1) is 28.4 Å². The number of aromatic nitrogens is 2. The maximum atomic E-state index is 13.2. The lowest BCUT2D eigenvalue weighted by Crippen LogP contribution is -2.38. The van der Waals surface area contributed by atoms with Crippen LogP contribution in [0.4, 0.5) is 13.2 Å². The van der Waals surface area contributed by atoms with E-state index in [2.05, 4.69) is 4.98 Å². The molecule has 164 valence electrons. The molecule has 0 aliphatic rings. The van der Waals surface area contributed by atoms with Gasteiger partial charge in [0, 0.05) is 0 Å². The van der Waals surface area contributed by atoms with Gasteiger partial charge in [-0.15, -0.1) is 0 Å². The summed E-state index contributed by atoms with van der Waals surface area (Å²) in [5.74, 6) is -0.176. The van der Waals surface area contributed by atoms with Crippen molar-refractivity contribution in [3.63, 3.8) is 0 Å². The van der Waals surface area contributed by atoms with E-state index in [0.717, 1.165) is 11.8 Å². The Morgan fingerprint density at radius 2 is 1.87 bits per heavy atom. The van der Waals surface area contributed by atoms with Crippen LogP contribution >= 0.6 is 11.8 Å². The fourth-order valence-electron chi connectivity index (χ4n) is 2.82. The summed E-state index contributed by atoms with van der Waals surface area (Å²) in [5.41, 5.74) is 0.581. The van der Waals surface area contributed by atoms with E-state index in [1.807, 2.05) is 12.2 Å². The number of carbonyl (C=O) groups excluding carboxylic acids is 1. The summed E-state index contributed by atoms with van der Waals surface area (Å²) in [6.07, 6.45) is -4.51. The molecule has 10 heteroatoms. The van der Waals surface area contributed by atoms with Crippen LogP contribution in [0.5, 0.6) is 5.75 Å². The van der Waals surface area contributed by atoms with Gasteiger partial charge in [-0.25, -0.2) is 4.98 Å². The number of hydrogen-bond donors (Lipinski definition) is 1. The smallest absolute Gasteiger partial charge is 0.405 e. The van der Waals surface area contributed by atoms with Crippen molar-refractivity contribution in [3.8, 4) is 11.4 Å². The second-order valence-electron chi connectivity index (χ2n) is 6.57. The molecule has 3 rings (SSSR count). The first-order valence-electron chi connectivity index (χ1n) is 9.45. The van der Waals surface area contributed by atoms with E-state index >= 15 is 0 Å². The highest BCUT2D eigenvalue weighted by Gasteiger charge is 2.29. The molecule has 1 amide bonds. The second-order valence-corrected chi connectivity index (χ2v) is 7.88. The van der Waals surface area contributed by atoms with Crippen molar-refractivity contribution in [2.45, 2.75) is 30.4 Å². The first kappa shape index (κ1) is 22.7. The third-order valence-corrected chi connectivity index (χ3v) is 5.32. The highest BCUT2D eigenvalue weighted by molar-refractivity contribution is 8.00. The zero-order valence-electron chi connectivity index (χ0n) is 16.8. The number of thioether (sulfide) groups is 1. The van der Waals surface area contributed by atoms with E-state index in [0.29, 0.717) is 28.9 Å². The largest absolute Gasteiger partial charge is 0.494 e. The van der Waals surface area contributed by atoms with Crippen LogP contribution in [-0.2, 0) is 4.79 Å². The van der Waals surface area contributed by atoms with Crippen LogP contribution in [0.2, 0.25) is 0 Å². The Morgan fingerprint density at radius 3 is 2.52 bits per heavy atom. The molecule has 1 N–H and O–H groups in total. The Labute approximate surface area is 180 Å². The van der Waals surface area contributed by atoms with Gasteiger partial charge in [-0.3, -0.25) is 14.2 Å². The number of benzene rings is 2. The van der Waals surface area contributed by atoms with Gasteiger partial charge in [0.2, 0.25) is 5.91 Å². The minimum atomic E-state index is -4.51. The van der Waals surface area contributed by atoms with E-state index in [4.69, 9.17) is 4.74 Å². The number of rotatable bonds is 7. The van der Waals surface area contributed by atoms with Crippen molar-refractivity contribution in [2.75, 3.05) is 13.2 Å². The lowest BCUT2D eigenvalue weighted by atomic mass is 10.2. The Balaban J connectivity index is 2.00. The Hall–Kier alpha value is -3.01. The molecule has 0 aliphatic heterocycles.